The number of ether oxygens (including phenoxy) is 1. The zero-order valence-corrected chi connectivity index (χ0v) is 12.0. The van der Waals surface area contributed by atoms with E-state index in [1.54, 1.807) is 0 Å². The molecule has 20 heavy (non-hydrogen) atoms. The lowest BCUT2D eigenvalue weighted by molar-refractivity contribution is 0.00169. The Morgan fingerprint density at radius 1 is 1.35 bits per heavy atom. The molecule has 0 radical (unpaired) electrons. The minimum Gasteiger partial charge on any atom is -0.465 e. The lowest BCUT2D eigenvalue weighted by atomic mass is 10.1. The number of hydrogen-bond acceptors (Lipinski definition) is 3. The van der Waals surface area contributed by atoms with E-state index in [4.69, 9.17) is 9.84 Å². The van der Waals surface area contributed by atoms with Crippen molar-refractivity contribution >= 4 is 6.09 Å². The Balaban J connectivity index is 1.50. The van der Waals surface area contributed by atoms with Gasteiger partial charge >= 0.3 is 6.09 Å². The van der Waals surface area contributed by atoms with E-state index in [0.717, 1.165) is 38.5 Å². The summed E-state index contributed by atoms with van der Waals surface area (Å²) in [7, 11) is 0. The molecule has 5 heteroatoms. The summed E-state index contributed by atoms with van der Waals surface area (Å²) in [5.74, 6) is 0.823. The third kappa shape index (κ3) is 3.45. The van der Waals surface area contributed by atoms with Crippen molar-refractivity contribution in [3.05, 3.63) is 11.8 Å². The summed E-state index contributed by atoms with van der Waals surface area (Å²) in [6, 6.07) is 0. The maximum absolute atomic E-state index is 10.9. The summed E-state index contributed by atoms with van der Waals surface area (Å²) in [4.78, 5) is 14.8. The van der Waals surface area contributed by atoms with Crippen LogP contribution in [-0.4, -0.2) is 59.9 Å². The molecule has 112 valence electrons. The standard InChI is InChI=1S/C15H24N2O3/c18-15(19)16-8-5-13(6-9-16)17-7-1-2-14(10-17)20-11-12-3-4-12/h5,12,14H,1-4,6-11H2,(H,18,19). The minimum atomic E-state index is -0.815. The summed E-state index contributed by atoms with van der Waals surface area (Å²) < 4.78 is 6.01. The van der Waals surface area contributed by atoms with Gasteiger partial charge in [0.05, 0.1) is 6.10 Å². The molecule has 1 saturated carbocycles. The molecule has 1 aliphatic carbocycles. The Morgan fingerprint density at radius 2 is 2.20 bits per heavy atom. The molecule has 3 aliphatic rings. The van der Waals surface area contributed by atoms with E-state index in [1.165, 1.54) is 29.9 Å². The molecule has 0 bridgehead atoms. The van der Waals surface area contributed by atoms with Gasteiger partial charge in [-0.3, -0.25) is 0 Å². The summed E-state index contributed by atoms with van der Waals surface area (Å²) in [5.41, 5.74) is 1.31. The highest BCUT2D eigenvalue weighted by Gasteiger charge is 2.27. The molecule has 0 aromatic carbocycles. The van der Waals surface area contributed by atoms with Crippen molar-refractivity contribution in [1.82, 2.24) is 9.80 Å². The average molecular weight is 280 g/mol. The Labute approximate surface area is 120 Å². The van der Waals surface area contributed by atoms with E-state index < -0.39 is 6.09 Å². The molecule has 0 spiro atoms. The Kier molecular flexibility index (Phi) is 4.15. The summed E-state index contributed by atoms with van der Waals surface area (Å²) in [6.07, 6.45) is 7.47. The molecule has 2 heterocycles. The summed E-state index contributed by atoms with van der Waals surface area (Å²) in [5, 5.41) is 8.97. The predicted molar refractivity (Wildman–Crippen MR) is 75.6 cm³/mol. The number of carbonyl (C=O) groups is 1. The first-order chi connectivity index (χ1) is 9.72. The van der Waals surface area contributed by atoms with E-state index in [-0.39, 0.29) is 0 Å². The third-order valence-corrected chi connectivity index (χ3v) is 4.50. The molecule has 1 atom stereocenters. The van der Waals surface area contributed by atoms with Gasteiger partial charge in [0, 0.05) is 44.9 Å². The van der Waals surface area contributed by atoms with Crippen LogP contribution in [0.15, 0.2) is 11.8 Å². The van der Waals surface area contributed by atoms with Gasteiger partial charge in [0.25, 0.3) is 0 Å². The number of carboxylic acid groups (broad SMARTS) is 1. The largest absolute Gasteiger partial charge is 0.465 e. The van der Waals surface area contributed by atoms with Crippen LogP contribution in [0, 0.1) is 5.92 Å². The SMILES string of the molecule is O=C(O)N1CC=C(N2CCCC(OCC3CC3)C2)CC1. The van der Waals surface area contributed by atoms with Gasteiger partial charge in [-0.05, 0) is 37.7 Å². The van der Waals surface area contributed by atoms with Gasteiger partial charge in [0.1, 0.15) is 0 Å². The third-order valence-electron chi connectivity index (χ3n) is 4.50. The molecule has 5 nitrogen and oxygen atoms in total. The normalized spacial score (nSPS) is 27.4. The Bertz CT molecular complexity index is 393. The summed E-state index contributed by atoms with van der Waals surface area (Å²) >= 11 is 0. The average Bonchev–Trinajstić information content (AvgIpc) is 3.30. The van der Waals surface area contributed by atoms with Crippen LogP contribution in [0.5, 0.6) is 0 Å². The molecular formula is C15H24N2O3. The van der Waals surface area contributed by atoms with Crippen molar-refractivity contribution in [3.8, 4) is 0 Å². The van der Waals surface area contributed by atoms with Crippen LogP contribution >= 0.6 is 0 Å². The molecule has 1 N–H and O–H groups in total. The lowest BCUT2D eigenvalue weighted by Gasteiger charge is -2.38. The van der Waals surface area contributed by atoms with Crippen LogP contribution in [-0.2, 0) is 4.74 Å². The number of rotatable bonds is 4. The highest BCUT2D eigenvalue weighted by Crippen LogP contribution is 2.30. The Morgan fingerprint density at radius 3 is 2.85 bits per heavy atom. The first kappa shape index (κ1) is 13.7. The van der Waals surface area contributed by atoms with Gasteiger partial charge in [-0.2, -0.15) is 0 Å². The highest BCUT2D eigenvalue weighted by atomic mass is 16.5. The fourth-order valence-corrected chi connectivity index (χ4v) is 3.01. The van der Waals surface area contributed by atoms with Gasteiger partial charge in [-0.15, -0.1) is 0 Å². The first-order valence-electron chi connectivity index (χ1n) is 7.76. The first-order valence-corrected chi connectivity index (χ1v) is 7.76. The predicted octanol–water partition coefficient (Wildman–Crippen LogP) is 2.15. The van der Waals surface area contributed by atoms with Crippen molar-refractivity contribution in [2.45, 2.75) is 38.2 Å². The number of amides is 1. The molecule has 2 fully saturated rings. The van der Waals surface area contributed by atoms with Crippen LogP contribution in [0.3, 0.4) is 0 Å². The highest BCUT2D eigenvalue weighted by molar-refractivity contribution is 5.65. The Hall–Kier alpha value is -1.23. The maximum Gasteiger partial charge on any atom is 0.407 e. The number of likely N-dealkylation sites (tertiary alicyclic amines) is 1. The van der Waals surface area contributed by atoms with E-state index in [2.05, 4.69) is 11.0 Å². The topological polar surface area (TPSA) is 53.0 Å². The van der Waals surface area contributed by atoms with Gasteiger partial charge in [-0.1, -0.05) is 0 Å². The van der Waals surface area contributed by atoms with E-state index >= 15 is 0 Å². The lowest BCUT2D eigenvalue weighted by Crippen LogP contribution is -2.42. The number of nitrogens with zero attached hydrogens (tertiary/aromatic N) is 2. The molecule has 0 aromatic heterocycles. The number of piperidine rings is 1. The molecule has 3 rings (SSSR count). The maximum atomic E-state index is 10.9. The molecule has 1 unspecified atom stereocenters. The van der Waals surface area contributed by atoms with Crippen LogP contribution in [0.2, 0.25) is 0 Å². The van der Waals surface area contributed by atoms with E-state index in [0.29, 0.717) is 19.2 Å². The van der Waals surface area contributed by atoms with E-state index in [1.807, 2.05) is 0 Å². The molecule has 0 aromatic rings. The second-order valence-corrected chi connectivity index (χ2v) is 6.16. The summed E-state index contributed by atoms with van der Waals surface area (Å²) in [6.45, 7) is 4.14. The van der Waals surface area contributed by atoms with Crippen molar-refractivity contribution in [3.63, 3.8) is 0 Å². The van der Waals surface area contributed by atoms with E-state index in [9.17, 15) is 4.79 Å². The van der Waals surface area contributed by atoms with Crippen molar-refractivity contribution in [2.24, 2.45) is 5.92 Å². The van der Waals surface area contributed by atoms with Crippen LogP contribution in [0.4, 0.5) is 4.79 Å². The van der Waals surface area contributed by atoms with Gasteiger partial charge in [0.15, 0.2) is 0 Å². The minimum absolute atomic E-state index is 0.364. The molecule has 2 aliphatic heterocycles. The molecule has 1 amide bonds. The van der Waals surface area contributed by atoms with Crippen molar-refractivity contribution < 1.29 is 14.6 Å². The van der Waals surface area contributed by atoms with Crippen LogP contribution < -0.4 is 0 Å². The molecule has 1 saturated heterocycles. The monoisotopic (exact) mass is 280 g/mol. The van der Waals surface area contributed by atoms with Crippen LogP contribution in [0.25, 0.3) is 0 Å². The second kappa shape index (κ2) is 6.04. The van der Waals surface area contributed by atoms with Gasteiger partial charge in [0.2, 0.25) is 0 Å². The van der Waals surface area contributed by atoms with Crippen molar-refractivity contribution in [2.75, 3.05) is 32.8 Å². The smallest absolute Gasteiger partial charge is 0.407 e. The van der Waals surface area contributed by atoms with Crippen molar-refractivity contribution in [1.29, 1.82) is 0 Å². The second-order valence-electron chi connectivity index (χ2n) is 6.16. The van der Waals surface area contributed by atoms with Gasteiger partial charge < -0.3 is 19.6 Å². The molecular weight excluding hydrogens is 256 g/mol. The quantitative estimate of drug-likeness (QED) is 0.857. The zero-order chi connectivity index (χ0) is 13.9. The fraction of sp³-hybridized carbons (Fsp3) is 0.800. The zero-order valence-electron chi connectivity index (χ0n) is 12.0. The fourth-order valence-electron chi connectivity index (χ4n) is 3.01. The van der Waals surface area contributed by atoms with Crippen LogP contribution in [0.1, 0.15) is 32.1 Å². The number of hydrogen-bond donors (Lipinski definition) is 1. The van der Waals surface area contributed by atoms with Gasteiger partial charge in [-0.25, -0.2) is 4.79 Å².